The van der Waals surface area contributed by atoms with E-state index in [1.807, 2.05) is 36.1 Å². The predicted molar refractivity (Wildman–Crippen MR) is 117 cm³/mol. The molecule has 1 spiro atoms. The van der Waals surface area contributed by atoms with Gasteiger partial charge in [-0.1, -0.05) is 50.0 Å². The first-order chi connectivity index (χ1) is 15.2. The molecule has 2 aliphatic rings. The van der Waals surface area contributed by atoms with E-state index in [4.69, 9.17) is 5.26 Å². The van der Waals surface area contributed by atoms with Crippen molar-refractivity contribution in [1.29, 1.82) is 5.26 Å². The fourth-order valence-electron chi connectivity index (χ4n) is 4.88. The van der Waals surface area contributed by atoms with Gasteiger partial charge in [-0.3, -0.25) is 9.69 Å². The van der Waals surface area contributed by atoms with Crippen LogP contribution >= 0.6 is 0 Å². The van der Waals surface area contributed by atoms with Gasteiger partial charge in [0.05, 0.1) is 22.9 Å². The second-order valence-electron chi connectivity index (χ2n) is 8.51. The van der Waals surface area contributed by atoms with Crippen molar-refractivity contribution in [3.63, 3.8) is 0 Å². The maximum atomic E-state index is 13.9. The Balaban J connectivity index is 1.86. The number of amides is 1. The molecule has 1 heterocycles. The molecule has 1 aliphatic carbocycles. The Morgan fingerprint density at radius 3 is 2.16 bits per heavy atom. The highest BCUT2D eigenvalue weighted by atomic mass is 19.4. The summed E-state index contributed by atoms with van der Waals surface area (Å²) >= 11 is 0. The van der Waals surface area contributed by atoms with E-state index in [-0.39, 0.29) is 11.6 Å². The van der Waals surface area contributed by atoms with Crippen molar-refractivity contribution in [2.75, 3.05) is 9.80 Å². The Bertz CT molecular complexity index is 1090. The topological polar surface area (TPSA) is 47.3 Å². The van der Waals surface area contributed by atoms with E-state index >= 15 is 0 Å². The normalized spacial score (nSPS) is 18.7. The molecule has 166 valence electrons. The van der Waals surface area contributed by atoms with E-state index in [1.54, 1.807) is 6.07 Å². The lowest BCUT2D eigenvalue weighted by molar-refractivity contribution is -0.137. The molecule has 2 fully saturated rings. The summed E-state index contributed by atoms with van der Waals surface area (Å²) in [6.07, 6.45) is 0.251. The SMILES string of the molecule is C=C1N(c2ccc(C#N)c(C(F)(F)F)c2)C(=O)C2(CCCCCC2)N1c1ccc(C)cc1. The number of aryl methyl sites for hydroxylation is 1. The predicted octanol–water partition coefficient (Wildman–Crippen LogP) is 6.30. The Morgan fingerprint density at radius 1 is 1.00 bits per heavy atom. The number of hydrogen-bond acceptors (Lipinski definition) is 3. The average Bonchev–Trinajstić information content (AvgIpc) is 2.91. The molecular formula is C25H24F3N3O. The minimum atomic E-state index is -4.71. The van der Waals surface area contributed by atoms with Gasteiger partial charge in [-0.15, -0.1) is 0 Å². The van der Waals surface area contributed by atoms with Gasteiger partial charge in [-0.2, -0.15) is 18.4 Å². The van der Waals surface area contributed by atoms with Crippen molar-refractivity contribution in [3.05, 3.63) is 71.6 Å². The monoisotopic (exact) mass is 439 g/mol. The van der Waals surface area contributed by atoms with Crippen LogP contribution in [0.5, 0.6) is 0 Å². The Hall–Kier alpha value is -3.27. The third kappa shape index (κ3) is 3.54. The van der Waals surface area contributed by atoms with Gasteiger partial charge in [0.1, 0.15) is 11.4 Å². The van der Waals surface area contributed by atoms with E-state index < -0.39 is 22.8 Å². The van der Waals surface area contributed by atoms with E-state index in [9.17, 15) is 18.0 Å². The quantitative estimate of drug-likeness (QED) is 0.551. The van der Waals surface area contributed by atoms with Crippen molar-refractivity contribution in [2.45, 2.75) is 57.2 Å². The molecule has 0 bridgehead atoms. The molecule has 0 N–H and O–H groups in total. The molecule has 1 saturated heterocycles. The van der Waals surface area contributed by atoms with Crippen LogP contribution in [0.2, 0.25) is 0 Å². The van der Waals surface area contributed by atoms with Crippen LogP contribution in [-0.2, 0) is 11.0 Å². The molecule has 1 aliphatic heterocycles. The molecule has 0 aromatic heterocycles. The smallest absolute Gasteiger partial charge is 0.313 e. The number of anilines is 2. The van der Waals surface area contributed by atoms with Gasteiger partial charge in [0.15, 0.2) is 0 Å². The number of hydrogen-bond donors (Lipinski definition) is 0. The molecule has 7 heteroatoms. The summed E-state index contributed by atoms with van der Waals surface area (Å²) in [5, 5.41) is 9.13. The Kier molecular flexibility index (Phi) is 5.49. The Morgan fingerprint density at radius 2 is 1.59 bits per heavy atom. The summed E-state index contributed by atoms with van der Waals surface area (Å²) in [4.78, 5) is 17.1. The number of nitriles is 1. The largest absolute Gasteiger partial charge is 0.417 e. The number of nitrogens with zero attached hydrogens (tertiary/aromatic N) is 3. The fraction of sp³-hybridized carbons (Fsp3) is 0.360. The average molecular weight is 439 g/mol. The first-order valence-electron chi connectivity index (χ1n) is 10.7. The second-order valence-corrected chi connectivity index (χ2v) is 8.51. The fourth-order valence-corrected chi connectivity index (χ4v) is 4.88. The van der Waals surface area contributed by atoms with Crippen molar-refractivity contribution in [3.8, 4) is 6.07 Å². The number of carbonyl (C=O) groups excluding carboxylic acids is 1. The van der Waals surface area contributed by atoms with Crippen LogP contribution in [0.1, 0.15) is 55.2 Å². The minimum absolute atomic E-state index is 0.0737. The van der Waals surface area contributed by atoms with Crippen molar-refractivity contribution < 1.29 is 18.0 Å². The number of carbonyl (C=O) groups is 1. The van der Waals surface area contributed by atoms with Crippen molar-refractivity contribution in [1.82, 2.24) is 0 Å². The van der Waals surface area contributed by atoms with Crippen molar-refractivity contribution >= 4 is 17.3 Å². The number of benzene rings is 2. The van der Waals surface area contributed by atoms with E-state index in [2.05, 4.69) is 6.58 Å². The molecule has 1 saturated carbocycles. The van der Waals surface area contributed by atoms with Crippen LogP contribution in [0.3, 0.4) is 0 Å². The standard InChI is InChI=1S/C25H24F3N3O/c1-17-7-10-20(11-8-17)31-18(2)30(23(32)24(31)13-5-3-4-6-14-24)21-12-9-19(16-29)22(15-21)25(26,27)28/h7-12,15H,2-6,13-14H2,1H3. The Labute approximate surface area is 185 Å². The third-order valence-corrected chi connectivity index (χ3v) is 6.46. The second kappa shape index (κ2) is 8.01. The van der Waals surface area contributed by atoms with Gasteiger partial charge in [0.2, 0.25) is 0 Å². The molecule has 4 rings (SSSR count). The lowest BCUT2D eigenvalue weighted by Gasteiger charge is -2.36. The number of rotatable bonds is 2. The molecule has 0 unspecified atom stereocenters. The zero-order valence-corrected chi connectivity index (χ0v) is 17.9. The molecule has 1 amide bonds. The van der Waals surface area contributed by atoms with Crippen LogP contribution in [0, 0.1) is 18.3 Å². The maximum Gasteiger partial charge on any atom is 0.417 e. The minimum Gasteiger partial charge on any atom is -0.313 e. The van der Waals surface area contributed by atoms with Gasteiger partial charge in [0, 0.05) is 5.69 Å². The highest BCUT2D eigenvalue weighted by Crippen LogP contribution is 2.47. The molecule has 32 heavy (non-hydrogen) atoms. The lowest BCUT2D eigenvalue weighted by Crippen LogP contribution is -2.49. The van der Waals surface area contributed by atoms with Crippen LogP contribution in [-0.4, -0.2) is 11.4 Å². The zero-order valence-electron chi connectivity index (χ0n) is 17.9. The summed E-state index contributed by atoms with van der Waals surface area (Å²) in [6, 6.07) is 12.7. The van der Waals surface area contributed by atoms with Gasteiger partial charge in [-0.25, -0.2) is 0 Å². The lowest BCUT2D eigenvalue weighted by atomic mass is 9.87. The summed E-state index contributed by atoms with van der Waals surface area (Å²) in [5.74, 6) is 0.0707. The van der Waals surface area contributed by atoms with Crippen LogP contribution in [0.4, 0.5) is 24.5 Å². The van der Waals surface area contributed by atoms with Gasteiger partial charge < -0.3 is 4.90 Å². The van der Waals surface area contributed by atoms with E-state index in [0.717, 1.165) is 49.1 Å². The van der Waals surface area contributed by atoms with Crippen molar-refractivity contribution in [2.24, 2.45) is 0 Å². The first-order valence-corrected chi connectivity index (χ1v) is 10.7. The summed E-state index contributed by atoms with van der Waals surface area (Å²) < 4.78 is 40.8. The highest BCUT2D eigenvalue weighted by Gasteiger charge is 2.55. The highest BCUT2D eigenvalue weighted by molar-refractivity contribution is 6.10. The van der Waals surface area contributed by atoms with Gasteiger partial charge in [-0.05, 0) is 50.1 Å². The molecule has 2 aromatic rings. The molecule has 0 atom stereocenters. The van der Waals surface area contributed by atoms with E-state index in [1.165, 1.54) is 11.0 Å². The van der Waals surface area contributed by atoms with Crippen LogP contribution < -0.4 is 9.80 Å². The molecule has 2 aromatic carbocycles. The van der Waals surface area contributed by atoms with Gasteiger partial charge in [0.25, 0.3) is 5.91 Å². The molecule has 4 nitrogen and oxygen atoms in total. The number of alkyl halides is 3. The van der Waals surface area contributed by atoms with E-state index in [0.29, 0.717) is 18.7 Å². The summed E-state index contributed by atoms with van der Waals surface area (Å²) in [6.45, 7) is 6.11. The third-order valence-electron chi connectivity index (χ3n) is 6.46. The first kappa shape index (κ1) is 21.9. The zero-order chi connectivity index (χ0) is 23.1. The number of halogens is 3. The molecule has 0 radical (unpaired) electrons. The van der Waals surface area contributed by atoms with Crippen LogP contribution in [0.15, 0.2) is 54.9 Å². The van der Waals surface area contributed by atoms with Crippen LogP contribution in [0.25, 0.3) is 0 Å². The molecular weight excluding hydrogens is 415 g/mol. The summed E-state index contributed by atoms with van der Waals surface area (Å²) in [5.41, 5.74) is -0.471. The van der Waals surface area contributed by atoms with Gasteiger partial charge >= 0.3 is 6.18 Å². The maximum absolute atomic E-state index is 13.9. The summed E-state index contributed by atoms with van der Waals surface area (Å²) in [7, 11) is 0.